The van der Waals surface area contributed by atoms with Crippen LogP contribution >= 0.6 is 11.3 Å². The monoisotopic (exact) mass is 975 g/mol. The molecule has 384 valence electrons. The highest BCUT2D eigenvalue weighted by atomic mass is 32.1. The highest BCUT2D eigenvalue weighted by molar-refractivity contribution is 7.09. The van der Waals surface area contributed by atoms with Crippen LogP contribution in [-0.2, 0) is 39.8 Å². The Hall–Kier alpha value is -4.01. The van der Waals surface area contributed by atoms with E-state index in [1.54, 1.807) is 49.2 Å². The van der Waals surface area contributed by atoms with Gasteiger partial charge in [-0.3, -0.25) is 24.1 Å². The lowest BCUT2D eigenvalue weighted by molar-refractivity contribution is -0.148. The van der Waals surface area contributed by atoms with Crippen molar-refractivity contribution >= 4 is 35.0 Å². The lowest BCUT2D eigenvalue weighted by Gasteiger charge is -2.41. The SMILES string of the molecule is C=COCC(O)C(O)C(O)C(O)CN(C)C(C(=O)NCC(C(=O)N(C)C(C(C)CC)C(CC(=O)N1CCCC1C(OC)C(C)C(=O)NC(Cc1ccccc1)c1nccs1)OC)C(C)C)C(C)C. The molecule has 4 amide bonds. The van der Waals surface area contributed by atoms with Crippen molar-refractivity contribution in [2.75, 3.05) is 54.6 Å². The first-order chi connectivity index (χ1) is 32.2. The van der Waals surface area contributed by atoms with Gasteiger partial charge in [0.1, 0.15) is 29.9 Å². The van der Waals surface area contributed by atoms with Gasteiger partial charge in [-0.15, -0.1) is 11.3 Å². The molecule has 18 heteroatoms. The number of methoxy groups -OCH3 is 2. The van der Waals surface area contributed by atoms with Crippen molar-refractivity contribution in [2.24, 2.45) is 29.6 Å². The molecule has 13 atom stereocenters. The molecule has 3 rings (SSSR count). The zero-order chi connectivity index (χ0) is 50.8. The molecule has 1 aliphatic rings. The number of aliphatic hydroxyl groups excluding tert-OH is 4. The molecule has 0 bridgehead atoms. The van der Waals surface area contributed by atoms with E-state index in [1.165, 1.54) is 11.3 Å². The van der Waals surface area contributed by atoms with Gasteiger partial charge in [-0.1, -0.05) is 91.8 Å². The molecule has 0 spiro atoms. The van der Waals surface area contributed by atoms with Crippen LogP contribution in [0.2, 0.25) is 0 Å². The van der Waals surface area contributed by atoms with Crippen LogP contribution in [0.25, 0.3) is 0 Å². The summed E-state index contributed by atoms with van der Waals surface area (Å²) in [6.45, 7) is 16.7. The number of aliphatic hydroxyl groups is 4. The second-order valence-electron chi connectivity index (χ2n) is 19.1. The molecule has 0 saturated carbocycles. The normalized spacial score (nSPS) is 19.5. The summed E-state index contributed by atoms with van der Waals surface area (Å²) in [5.41, 5.74) is 1.07. The smallest absolute Gasteiger partial charge is 0.237 e. The van der Waals surface area contributed by atoms with Gasteiger partial charge in [0.05, 0.1) is 67.0 Å². The Bertz CT molecular complexity index is 1830. The molecule has 1 fully saturated rings. The Balaban J connectivity index is 1.74. The topological polar surface area (TPSA) is 224 Å². The minimum atomic E-state index is -1.74. The van der Waals surface area contributed by atoms with Gasteiger partial charge in [-0.25, -0.2) is 4.98 Å². The highest BCUT2D eigenvalue weighted by Crippen LogP contribution is 2.31. The van der Waals surface area contributed by atoms with Gasteiger partial charge in [-0.05, 0) is 49.6 Å². The van der Waals surface area contributed by atoms with Gasteiger partial charge in [0.15, 0.2) is 0 Å². The summed E-state index contributed by atoms with van der Waals surface area (Å²) in [7, 11) is 6.45. The van der Waals surface area contributed by atoms with E-state index in [4.69, 9.17) is 14.2 Å². The number of aromatic nitrogens is 1. The Labute approximate surface area is 408 Å². The van der Waals surface area contributed by atoms with Crippen LogP contribution in [0, 0.1) is 29.6 Å². The quantitative estimate of drug-likeness (QED) is 0.0619. The van der Waals surface area contributed by atoms with E-state index in [9.17, 15) is 39.6 Å². The molecule has 2 heterocycles. The molecule has 1 aromatic heterocycles. The van der Waals surface area contributed by atoms with Crippen LogP contribution in [0.15, 0.2) is 54.7 Å². The maximum absolute atomic E-state index is 14.6. The largest absolute Gasteiger partial charge is 0.499 e. The predicted molar refractivity (Wildman–Crippen MR) is 262 cm³/mol. The van der Waals surface area contributed by atoms with Crippen molar-refractivity contribution in [1.29, 1.82) is 0 Å². The van der Waals surface area contributed by atoms with E-state index in [-0.39, 0.29) is 73.7 Å². The van der Waals surface area contributed by atoms with E-state index < -0.39 is 66.5 Å². The Morgan fingerprint density at radius 1 is 0.956 bits per heavy atom. The third-order valence-corrected chi connectivity index (χ3v) is 14.5. The van der Waals surface area contributed by atoms with E-state index in [0.29, 0.717) is 25.8 Å². The second kappa shape index (κ2) is 28.6. The number of hydrogen-bond donors (Lipinski definition) is 6. The van der Waals surface area contributed by atoms with Gasteiger partial charge in [-0.2, -0.15) is 0 Å². The minimum absolute atomic E-state index is 0.00947. The number of rotatable bonds is 30. The number of ether oxygens (including phenoxy) is 3. The molecule has 13 unspecified atom stereocenters. The number of benzene rings is 1. The Morgan fingerprint density at radius 2 is 1.62 bits per heavy atom. The first-order valence-electron chi connectivity index (χ1n) is 24.0. The van der Waals surface area contributed by atoms with Crippen LogP contribution in [-0.4, -0.2) is 173 Å². The lowest BCUT2D eigenvalue weighted by atomic mass is 9.87. The summed E-state index contributed by atoms with van der Waals surface area (Å²) in [6, 6.07) is 7.94. The second-order valence-corrected chi connectivity index (χ2v) is 20.0. The van der Waals surface area contributed by atoms with E-state index in [1.807, 2.05) is 84.2 Å². The minimum Gasteiger partial charge on any atom is -0.499 e. The molecule has 6 N–H and O–H groups in total. The molecular formula is C50H82N6O11S. The van der Waals surface area contributed by atoms with E-state index >= 15 is 0 Å². The molecule has 17 nitrogen and oxygen atoms in total. The van der Waals surface area contributed by atoms with Crippen molar-refractivity contribution in [1.82, 2.24) is 30.3 Å². The van der Waals surface area contributed by atoms with Gasteiger partial charge in [0.2, 0.25) is 23.6 Å². The number of nitrogens with zero attached hydrogens (tertiary/aromatic N) is 4. The van der Waals surface area contributed by atoms with Gasteiger partial charge >= 0.3 is 0 Å². The number of nitrogens with one attached hydrogen (secondary N) is 2. The summed E-state index contributed by atoms with van der Waals surface area (Å²) < 4.78 is 17.0. The maximum Gasteiger partial charge on any atom is 0.237 e. The number of carbonyl (C=O) groups excluding carboxylic acids is 4. The summed E-state index contributed by atoms with van der Waals surface area (Å²) >= 11 is 1.48. The number of thiazole rings is 1. The maximum atomic E-state index is 14.6. The standard InChI is InChI=1S/C50H82N6O11S/c1-13-32(7)43(55(10)50(64)35(30(3)4)27-52-48(63)42(31(5)6)54(9)28-38(57)44(60)45(61)39(58)29-67-14-2)40(65-11)26-41(59)56-23-18-21-37(56)46(66-12)33(8)47(62)53-36(49-51-22-24-68-49)25-34-19-16-15-17-20-34/h14-17,19-20,22,24,30-33,35-40,42-46,57-58,60-61H,2,13,18,21,23,25-29H2,1,3-12H3,(H,52,63)(H,53,62). The summed E-state index contributed by atoms with van der Waals surface area (Å²) in [5.74, 6) is -2.74. The number of likely N-dealkylation sites (N-methyl/N-ethyl adjacent to an activating group) is 2. The van der Waals surface area contributed by atoms with Crippen molar-refractivity contribution < 1.29 is 53.8 Å². The molecular weight excluding hydrogens is 893 g/mol. The fourth-order valence-electron chi connectivity index (χ4n) is 9.50. The highest BCUT2D eigenvalue weighted by Gasteiger charge is 2.43. The third kappa shape index (κ3) is 16.0. The lowest BCUT2D eigenvalue weighted by Crippen LogP contribution is -2.56. The number of amides is 4. The van der Waals surface area contributed by atoms with Crippen LogP contribution in [0.5, 0.6) is 0 Å². The Morgan fingerprint density at radius 3 is 2.18 bits per heavy atom. The number of likely N-dealkylation sites (tertiary alicyclic amines) is 1. The molecule has 68 heavy (non-hydrogen) atoms. The van der Waals surface area contributed by atoms with Gasteiger partial charge in [0.25, 0.3) is 0 Å². The molecule has 1 aliphatic heterocycles. The average molecular weight is 975 g/mol. The molecule has 1 aromatic carbocycles. The third-order valence-electron chi connectivity index (χ3n) is 13.6. The van der Waals surface area contributed by atoms with E-state index in [0.717, 1.165) is 23.3 Å². The number of carbonyl (C=O) groups is 4. The average Bonchev–Trinajstić information content (AvgIpc) is 4.04. The van der Waals surface area contributed by atoms with Crippen molar-refractivity contribution in [2.45, 2.75) is 141 Å². The molecule has 0 radical (unpaired) electrons. The summed E-state index contributed by atoms with van der Waals surface area (Å²) in [4.78, 5) is 66.4. The van der Waals surface area contributed by atoms with Gasteiger partial charge in [0, 0.05) is 52.5 Å². The zero-order valence-corrected chi connectivity index (χ0v) is 43.0. The summed E-state index contributed by atoms with van der Waals surface area (Å²) in [6.07, 6.45) is -2.27. The van der Waals surface area contributed by atoms with Crippen LogP contribution in [0.1, 0.15) is 90.8 Å². The van der Waals surface area contributed by atoms with E-state index in [2.05, 4.69) is 22.2 Å². The number of hydrogen-bond acceptors (Lipinski definition) is 14. The van der Waals surface area contributed by atoms with Gasteiger partial charge < -0.3 is 55.1 Å². The molecule has 1 saturated heterocycles. The molecule has 2 aromatic rings. The fraction of sp³-hybridized carbons (Fsp3) is 0.700. The van der Waals surface area contributed by atoms with Crippen molar-refractivity contribution in [3.8, 4) is 0 Å². The predicted octanol–water partition coefficient (Wildman–Crippen LogP) is 3.41. The first-order valence-corrected chi connectivity index (χ1v) is 24.9. The summed E-state index contributed by atoms with van der Waals surface area (Å²) in [5, 5.41) is 50.8. The van der Waals surface area contributed by atoms with Crippen molar-refractivity contribution in [3.05, 3.63) is 65.3 Å². The van der Waals surface area contributed by atoms with Crippen LogP contribution in [0.4, 0.5) is 0 Å². The Kier molecular flexibility index (Phi) is 24.5. The fourth-order valence-corrected chi connectivity index (χ4v) is 10.2. The van der Waals surface area contributed by atoms with Crippen molar-refractivity contribution in [3.63, 3.8) is 0 Å². The van der Waals surface area contributed by atoms with Crippen LogP contribution < -0.4 is 10.6 Å². The zero-order valence-electron chi connectivity index (χ0n) is 42.2. The van der Waals surface area contributed by atoms with Crippen LogP contribution in [0.3, 0.4) is 0 Å². The molecule has 0 aliphatic carbocycles. The first kappa shape index (κ1) is 58.3.